The van der Waals surface area contributed by atoms with E-state index in [9.17, 15) is 18.3 Å². The quantitative estimate of drug-likeness (QED) is 0.412. The SMILES string of the molecule is CC[C@H]1C/C=C\C[C@H](O)[C@@H]2CC[C@H]2CN2C[C@@]3(CCCc4cc(Cl)ccc43)COc3ccc(cc32)C(=O)NS1(=O)=O.[HH]. The number of aliphatic hydroxyl groups excluding tert-OH is 1. The fraction of sp³-hybridized carbons (Fsp3) is 0.531. The first-order valence-electron chi connectivity index (χ1n) is 14.9. The van der Waals surface area contributed by atoms with Crippen molar-refractivity contribution in [2.45, 2.75) is 75.1 Å². The lowest BCUT2D eigenvalue weighted by atomic mass is 9.68. The average molecular weight is 601 g/mol. The number of carbonyl (C=O) groups is 1. The van der Waals surface area contributed by atoms with Crippen LogP contribution in [-0.2, 0) is 21.9 Å². The zero-order chi connectivity index (χ0) is 28.8. The van der Waals surface area contributed by atoms with Crippen molar-refractivity contribution in [3.63, 3.8) is 0 Å². The minimum Gasteiger partial charge on any atom is -0.490 e. The van der Waals surface area contributed by atoms with Crippen LogP contribution in [0.1, 0.15) is 74.8 Å². The molecule has 4 aliphatic rings. The normalized spacial score (nSPS) is 32.0. The maximum absolute atomic E-state index is 13.3. The zero-order valence-electron chi connectivity index (χ0n) is 23.5. The number of nitrogens with one attached hydrogen (secondary N) is 1. The molecule has 0 radical (unpaired) electrons. The number of allylic oxidation sites excluding steroid dienone is 1. The minimum absolute atomic E-state index is 0. The van der Waals surface area contributed by atoms with Crippen molar-refractivity contribution in [1.29, 1.82) is 0 Å². The topological polar surface area (TPSA) is 95.9 Å². The first-order chi connectivity index (χ1) is 19.7. The molecule has 7 nitrogen and oxygen atoms in total. The van der Waals surface area contributed by atoms with Gasteiger partial charge in [0.15, 0.2) is 0 Å². The van der Waals surface area contributed by atoms with Crippen LogP contribution in [0.5, 0.6) is 5.75 Å². The van der Waals surface area contributed by atoms with Gasteiger partial charge < -0.3 is 14.7 Å². The number of fused-ring (bicyclic) bond motifs is 4. The van der Waals surface area contributed by atoms with Gasteiger partial charge in [-0.3, -0.25) is 4.79 Å². The largest absolute Gasteiger partial charge is 0.490 e. The molecule has 222 valence electrons. The number of aliphatic hydroxyl groups is 1. The van der Waals surface area contributed by atoms with Crippen molar-refractivity contribution in [1.82, 2.24) is 4.72 Å². The maximum Gasteiger partial charge on any atom is 0.264 e. The van der Waals surface area contributed by atoms with Gasteiger partial charge in [-0.25, -0.2) is 13.1 Å². The van der Waals surface area contributed by atoms with Crippen molar-refractivity contribution in [3.05, 3.63) is 70.3 Å². The molecule has 1 fully saturated rings. The first kappa shape index (κ1) is 28.6. The summed E-state index contributed by atoms with van der Waals surface area (Å²) < 4.78 is 35.1. The number of carbonyl (C=O) groups excluding carboxylic acids is 1. The maximum atomic E-state index is 13.3. The molecular weight excluding hydrogens is 560 g/mol. The smallest absolute Gasteiger partial charge is 0.264 e. The summed E-state index contributed by atoms with van der Waals surface area (Å²) >= 11 is 6.38. The Morgan fingerprint density at radius 1 is 1.17 bits per heavy atom. The number of nitrogens with zero attached hydrogens (tertiary/aromatic N) is 1. The molecule has 2 bridgehead atoms. The third kappa shape index (κ3) is 5.51. The molecule has 1 amide bonds. The number of halogens is 1. The predicted molar refractivity (Wildman–Crippen MR) is 163 cm³/mol. The Balaban J connectivity index is 0.00000353. The number of hydrogen-bond acceptors (Lipinski definition) is 6. The van der Waals surface area contributed by atoms with Gasteiger partial charge in [-0.15, -0.1) is 0 Å². The second kappa shape index (κ2) is 11.3. The molecule has 2 N–H and O–H groups in total. The van der Waals surface area contributed by atoms with Crippen molar-refractivity contribution >= 4 is 33.2 Å². The number of ether oxygens (including phenoxy) is 1. The molecule has 0 saturated heterocycles. The van der Waals surface area contributed by atoms with Gasteiger partial charge in [0, 0.05) is 30.5 Å². The van der Waals surface area contributed by atoms with Crippen LogP contribution in [0.3, 0.4) is 0 Å². The van der Waals surface area contributed by atoms with E-state index >= 15 is 0 Å². The fourth-order valence-electron chi connectivity index (χ4n) is 7.31. The molecule has 2 aromatic carbocycles. The molecule has 9 heteroatoms. The molecule has 6 rings (SSSR count). The van der Waals surface area contributed by atoms with Crippen molar-refractivity contribution in [3.8, 4) is 5.75 Å². The molecule has 0 aromatic heterocycles. The predicted octanol–water partition coefficient (Wildman–Crippen LogP) is 5.63. The lowest BCUT2D eigenvalue weighted by molar-refractivity contribution is 0.0177. The van der Waals surface area contributed by atoms with Crippen LogP contribution >= 0.6 is 11.6 Å². The van der Waals surface area contributed by atoms with Gasteiger partial charge in [-0.2, -0.15) is 0 Å². The lowest BCUT2D eigenvalue weighted by Crippen LogP contribution is -2.49. The highest BCUT2D eigenvalue weighted by atomic mass is 35.5. The van der Waals surface area contributed by atoms with Crippen molar-refractivity contribution in [2.24, 2.45) is 11.8 Å². The molecule has 0 unspecified atom stereocenters. The Kier molecular flexibility index (Phi) is 7.85. The minimum atomic E-state index is -3.89. The van der Waals surface area contributed by atoms with Crippen LogP contribution in [0.2, 0.25) is 5.02 Å². The number of sulfonamides is 1. The number of rotatable bonds is 1. The summed E-state index contributed by atoms with van der Waals surface area (Å²) in [7, 11) is -3.89. The summed E-state index contributed by atoms with van der Waals surface area (Å²) in [6.07, 6.45) is 9.39. The van der Waals surface area contributed by atoms with E-state index in [2.05, 4.69) is 21.8 Å². The van der Waals surface area contributed by atoms with Crippen LogP contribution in [0.15, 0.2) is 48.6 Å². The zero-order valence-corrected chi connectivity index (χ0v) is 25.1. The van der Waals surface area contributed by atoms with Gasteiger partial charge in [-0.05, 0) is 105 Å². The summed E-state index contributed by atoms with van der Waals surface area (Å²) in [5.74, 6) is 0.541. The van der Waals surface area contributed by atoms with Gasteiger partial charge >= 0.3 is 0 Å². The van der Waals surface area contributed by atoms with Crippen LogP contribution < -0.4 is 14.4 Å². The van der Waals surface area contributed by atoms with E-state index in [4.69, 9.17) is 16.3 Å². The van der Waals surface area contributed by atoms with Gasteiger partial charge in [0.05, 0.1) is 23.6 Å². The Morgan fingerprint density at radius 3 is 2.78 bits per heavy atom. The standard InChI is InChI=1S/C32H39ClN2O5S.H2/c1-2-25-7-3-4-8-29(36)26-12-9-23(26)18-35-19-32(15-5-6-21-16-24(33)11-13-27(21)32)20-40-30-14-10-22(17-28(30)35)31(37)34-41(25,38)39;/h3-4,10-11,13-14,16-17,23,25-26,29,36H,2,5-9,12,15,18-20H2,1H3,(H,34,37);1H/b4-3-;/t23-,25-,26+,29-,32-;/m0./s1. The van der Waals surface area contributed by atoms with Gasteiger partial charge in [0.1, 0.15) is 5.75 Å². The highest BCUT2D eigenvalue weighted by Gasteiger charge is 2.44. The molecule has 1 saturated carbocycles. The third-order valence-corrected chi connectivity index (χ3v) is 11.9. The van der Waals surface area contributed by atoms with E-state index in [0.29, 0.717) is 44.1 Å². The second-order valence-electron chi connectivity index (χ2n) is 12.3. The first-order valence-corrected chi connectivity index (χ1v) is 16.8. The third-order valence-electron chi connectivity index (χ3n) is 9.80. The summed E-state index contributed by atoms with van der Waals surface area (Å²) in [5.41, 5.74) is 3.35. The Morgan fingerprint density at radius 2 is 2.00 bits per heavy atom. The van der Waals surface area contributed by atoms with E-state index in [-0.39, 0.29) is 18.3 Å². The molecule has 5 atom stereocenters. The van der Waals surface area contributed by atoms with Gasteiger partial charge in [0.2, 0.25) is 10.0 Å². The number of anilines is 1. The van der Waals surface area contributed by atoms with Crippen molar-refractivity contribution in [2.75, 3.05) is 24.6 Å². The fourth-order valence-corrected chi connectivity index (χ4v) is 8.85. The summed E-state index contributed by atoms with van der Waals surface area (Å²) in [6, 6.07) is 11.4. The van der Waals surface area contributed by atoms with E-state index in [1.54, 1.807) is 25.1 Å². The average Bonchev–Trinajstić information content (AvgIpc) is 3.07. The van der Waals surface area contributed by atoms with Crippen molar-refractivity contribution < 1.29 is 24.5 Å². The molecule has 2 heterocycles. The molecular formula is C32H41ClN2O5S. The lowest BCUT2D eigenvalue weighted by Gasteiger charge is -2.45. The van der Waals surface area contributed by atoms with E-state index in [0.717, 1.165) is 49.4 Å². The molecule has 1 spiro atoms. The van der Waals surface area contributed by atoms with Gasteiger partial charge in [-0.1, -0.05) is 36.7 Å². The van der Waals surface area contributed by atoms with Crippen LogP contribution in [0.4, 0.5) is 5.69 Å². The Bertz CT molecular complexity index is 1470. The second-order valence-corrected chi connectivity index (χ2v) is 14.7. The summed E-state index contributed by atoms with van der Waals surface area (Å²) in [4.78, 5) is 15.6. The number of hydrogen-bond donors (Lipinski definition) is 2. The van der Waals surface area contributed by atoms with Crippen LogP contribution in [-0.4, -0.2) is 50.5 Å². The Labute approximate surface area is 249 Å². The van der Waals surface area contributed by atoms with Gasteiger partial charge in [0.25, 0.3) is 5.91 Å². The van der Waals surface area contributed by atoms with Crippen LogP contribution in [0.25, 0.3) is 0 Å². The number of amides is 1. The van der Waals surface area contributed by atoms with E-state index in [1.165, 1.54) is 11.1 Å². The molecule has 2 aliphatic heterocycles. The molecule has 41 heavy (non-hydrogen) atoms. The molecule has 2 aliphatic carbocycles. The van der Waals surface area contributed by atoms with Crippen LogP contribution in [0, 0.1) is 11.8 Å². The highest BCUT2D eigenvalue weighted by molar-refractivity contribution is 7.90. The monoisotopic (exact) mass is 600 g/mol. The highest BCUT2D eigenvalue weighted by Crippen LogP contribution is 2.46. The molecule has 2 aromatic rings. The summed E-state index contributed by atoms with van der Waals surface area (Å²) in [5, 5.41) is 11.1. The van der Waals surface area contributed by atoms with E-state index in [1.807, 2.05) is 18.2 Å². The summed E-state index contributed by atoms with van der Waals surface area (Å²) in [6.45, 7) is 3.74. The Hall–Kier alpha value is -2.55. The van der Waals surface area contributed by atoms with E-state index < -0.39 is 27.3 Å². The number of benzene rings is 2. The number of aryl methyl sites for hydroxylation is 1.